The van der Waals surface area contributed by atoms with Crippen molar-refractivity contribution in [2.24, 2.45) is 0 Å². The van der Waals surface area contributed by atoms with Crippen LogP contribution in [-0.4, -0.2) is 18.5 Å². The van der Waals surface area contributed by atoms with Gasteiger partial charge < -0.3 is 10.6 Å². The summed E-state index contributed by atoms with van der Waals surface area (Å²) in [6.07, 6.45) is 5.02. The van der Waals surface area contributed by atoms with Crippen LogP contribution in [0, 0.1) is 0 Å². The molecule has 0 bridgehead atoms. The van der Waals surface area contributed by atoms with Crippen molar-refractivity contribution >= 4 is 29.7 Å². The second kappa shape index (κ2) is 8.56. The minimum atomic E-state index is 0. The van der Waals surface area contributed by atoms with E-state index in [9.17, 15) is 4.79 Å². The van der Waals surface area contributed by atoms with Gasteiger partial charge in [0.1, 0.15) is 0 Å². The van der Waals surface area contributed by atoms with Crippen LogP contribution in [0.4, 0.5) is 0 Å². The molecule has 0 aliphatic carbocycles. The lowest BCUT2D eigenvalue weighted by atomic mass is 10.1. The van der Waals surface area contributed by atoms with E-state index in [4.69, 9.17) is 0 Å². The van der Waals surface area contributed by atoms with E-state index >= 15 is 0 Å². The van der Waals surface area contributed by atoms with E-state index in [0.717, 1.165) is 19.4 Å². The number of halogens is 1. The van der Waals surface area contributed by atoms with E-state index in [1.54, 1.807) is 11.3 Å². The van der Waals surface area contributed by atoms with E-state index in [-0.39, 0.29) is 24.4 Å². The first-order chi connectivity index (χ1) is 8.79. The highest BCUT2D eigenvalue weighted by Crippen LogP contribution is 2.22. The van der Waals surface area contributed by atoms with Gasteiger partial charge in [-0.1, -0.05) is 13.0 Å². The zero-order chi connectivity index (χ0) is 12.8. The van der Waals surface area contributed by atoms with Crippen molar-refractivity contribution < 1.29 is 4.79 Å². The van der Waals surface area contributed by atoms with Crippen molar-refractivity contribution in [1.29, 1.82) is 0 Å². The number of thiophene rings is 1. The van der Waals surface area contributed by atoms with Crippen LogP contribution >= 0.6 is 23.7 Å². The van der Waals surface area contributed by atoms with Crippen molar-refractivity contribution in [1.82, 2.24) is 10.6 Å². The van der Waals surface area contributed by atoms with Crippen LogP contribution in [0.25, 0.3) is 0 Å². The van der Waals surface area contributed by atoms with E-state index in [2.05, 4.69) is 29.0 Å². The maximum atomic E-state index is 11.9. The zero-order valence-electron chi connectivity index (χ0n) is 11.4. The Bertz CT molecular complexity index is 364. The minimum Gasteiger partial charge on any atom is -0.348 e. The molecule has 1 aromatic heterocycles. The largest absolute Gasteiger partial charge is 0.348 e. The van der Waals surface area contributed by atoms with Gasteiger partial charge in [-0.25, -0.2) is 0 Å². The third kappa shape index (κ3) is 5.13. The molecule has 1 fully saturated rings. The monoisotopic (exact) mass is 302 g/mol. The molecule has 1 aliphatic heterocycles. The summed E-state index contributed by atoms with van der Waals surface area (Å²) >= 11 is 1.71. The number of amides is 1. The van der Waals surface area contributed by atoms with Gasteiger partial charge in [0, 0.05) is 17.3 Å². The summed E-state index contributed by atoms with van der Waals surface area (Å²) in [5.74, 6) is 0.184. The van der Waals surface area contributed by atoms with Gasteiger partial charge in [0.25, 0.3) is 0 Å². The predicted octanol–water partition coefficient (Wildman–Crippen LogP) is 3.27. The number of hydrogen-bond donors (Lipinski definition) is 2. The highest BCUT2D eigenvalue weighted by Gasteiger charge is 2.17. The summed E-state index contributed by atoms with van der Waals surface area (Å²) in [4.78, 5) is 13.2. The van der Waals surface area contributed by atoms with Crippen LogP contribution in [0.2, 0.25) is 0 Å². The van der Waals surface area contributed by atoms with E-state index < -0.39 is 0 Å². The van der Waals surface area contributed by atoms with Crippen LogP contribution in [0.1, 0.15) is 49.9 Å². The standard InChI is InChI=1S/C14H22N2OS.ClH/c1-2-12(13-6-4-10-18-13)16-14(17)8-7-11-5-3-9-15-11;/h4,6,10-12,15H,2-3,5,7-9H2,1H3,(H,16,17);1H. The summed E-state index contributed by atoms with van der Waals surface area (Å²) in [6, 6.07) is 4.88. The molecule has 1 aliphatic rings. The molecule has 3 nitrogen and oxygen atoms in total. The molecular formula is C14H23ClN2OS. The normalized spacial score (nSPS) is 19.7. The maximum Gasteiger partial charge on any atom is 0.220 e. The van der Waals surface area contributed by atoms with Gasteiger partial charge in [-0.3, -0.25) is 4.79 Å². The molecule has 0 radical (unpaired) electrons. The summed E-state index contributed by atoms with van der Waals surface area (Å²) in [6.45, 7) is 3.22. The number of carbonyl (C=O) groups excluding carboxylic acids is 1. The first-order valence-electron chi connectivity index (χ1n) is 6.85. The second-order valence-electron chi connectivity index (χ2n) is 4.88. The SMILES string of the molecule is CCC(NC(=O)CCC1CCCN1)c1cccs1.Cl. The zero-order valence-corrected chi connectivity index (χ0v) is 13.0. The molecule has 1 saturated heterocycles. The van der Waals surface area contributed by atoms with E-state index in [1.807, 2.05) is 6.07 Å². The molecule has 0 aromatic carbocycles. The molecule has 2 heterocycles. The number of carbonyl (C=O) groups is 1. The highest BCUT2D eigenvalue weighted by atomic mass is 35.5. The predicted molar refractivity (Wildman–Crippen MR) is 83.0 cm³/mol. The Hall–Kier alpha value is -0.580. The van der Waals surface area contributed by atoms with E-state index in [1.165, 1.54) is 17.7 Å². The Kier molecular flexibility index (Phi) is 7.42. The summed E-state index contributed by atoms with van der Waals surface area (Å²) in [5.41, 5.74) is 0. The molecule has 5 heteroatoms. The molecular weight excluding hydrogens is 280 g/mol. The average molecular weight is 303 g/mol. The molecule has 0 spiro atoms. The van der Waals surface area contributed by atoms with Crippen molar-refractivity contribution in [3.8, 4) is 0 Å². The molecule has 1 aromatic rings. The van der Waals surface area contributed by atoms with Crippen LogP contribution < -0.4 is 10.6 Å². The van der Waals surface area contributed by atoms with Crippen molar-refractivity contribution in [2.45, 2.75) is 51.1 Å². The van der Waals surface area contributed by atoms with Gasteiger partial charge >= 0.3 is 0 Å². The van der Waals surface area contributed by atoms with Crippen LogP contribution in [-0.2, 0) is 4.79 Å². The topological polar surface area (TPSA) is 41.1 Å². The number of hydrogen-bond acceptors (Lipinski definition) is 3. The fourth-order valence-electron chi connectivity index (χ4n) is 2.44. The summed E-state index contributed by atoms with van der Waals surface area (Å²) in [7, 11) is 0. The Labute approximate surface area is 125 Å². The third-order valence-electron chi connectivity index (χ3n) is 3.51. The van der Waals surface area contributed by atoms with Crippen LogP contribution in [0.5, 0.6) is 0 Å². The number of nitrogens with one attached hydrogen (secondary N) is 2. The molecule has 2 N–H and O–H groups in total. The van der Waals surface area contributed by atoms with Gasteiger partial charge in [0.05, 0.1) is 6.04 Å². The van der Waals surface area contributed by atoms with Crippen molar-refractivity contribution in [3.63, 3.8) is 0 Å². The first-order valence-corrected chi connectivity index (χ1v) is 7.73. The Morgan fingerprint density at radius 2 is 2.47 bits per heavy atom. The van der Waals surface area contributed by atoms with E-state index in [0.29, 0.717) is 12.5 Å². The molecule has 2 unspecified atom stereocenters. The first kappa shape index (κ1) is 16.5. The van der Waals surface area contributed by atoms with Gasteiger partial charge in [0.2, 0.25) is 5.91 Å². The van der Waals surface area contributed by atoms with Gasteiger partial charge in [-0.15, -0.1) is 23.7 Å². The highest BCUT2D eigenvalue weighted by molar-refractivity contribution is 7.10. The van der Waals surface area contributed by atoms with Crippen molar-refractivity contribution in [2.75, 3.05) is 6.54 Å². The fraction of sp³-hybridized carbons (Fsp3) is 0.643. The quantitative estimate of drug-likeness (QED) is 0.847. The van der Waals surface area contributed by atoms with Gasteiger partial charge in [-0.05, 0) is 43.7 Å². The molecule has 2 atom stereocenters. The van der Waals surface area contributed by atoms with Gasteiger partial charge in [-0.2, -0.15) is 0 Å². The van der Waals surface area contributed by atoms with Gasteiger partial charge in [0.15, 0.2) is 0 Å². The molecule has 108 valence electrons. The number of rotatable bonds is 6. The fourth-order valence-corrected chi connectivity index (χ4v) is 3.30. The Morgan fingerprint density at radius 1 is 1.63 bits per heavy atom. The molecule has 0 saturated carbocycles. The Balaban J connectivity index is 0.00000180. The lowest BCUT2D eigenvalue weighted by molar-refractivity contribution is -0.122. The molecule has 19 heavy (non-hydrogen) atoms. The third-order valence-corrected chi connectivity index (χ3v) is 4.50. The van der Waals surface area contributed by atoms with Crippen molar-refractivity contribution in [3.05, 3.63) is 22.4 Å². The second-order valence-corrected chi connectivity index (χ2v) is 5.85. The lowest BCUT2D eigenvalue weighted by Gasteiger charge is -2.16. The summed E-state index contributed by atoms with van der Waals surface area (Å²) in [5, 5.41) is 8.63. The molecule has 2 rings (SSSR count). The molecule has 1 amide bonds. The minimum absolute atomic E-state index is 0. The van der Waals surface area contributed by atoms with Crippen LogP contribution in [0.15, 0.2) is 17.5 Å². The maximum absolute atomic E-state index is 11.9. The lowest BCUT2D eigenvalue weighted by Crippen LogP contribution is -2.30. The summed E-state index contributed by atoms with van der Waals surface area (Å²) < 4.78 is 0. The average Bonchev–Trinajstić information content (AvgIpc) is 3.05. The Morgan fingerprint density at radius 3 is 3.05 bits per heavy atom. The smallest absolute Gasteiger partial charge is 0.220 e. The van der Waals surface area contributed by atoms with Crippen LogP contribution in [0.3, 0.4) is 0 Å².